The minimum absolute atomic E-state index is 0.243. The van der Waals surface area contributed by atoms with Gasteiger partial charge in [0, 0.05) is 19.3 Å². The van der Waals surface area contributed by atoms with Crippen LogP contribution in [0, 0.1) is 5.92 Å². The Morgan fingerprint density at radius 2 is 2.47 bits per heavy atom. The van der Waals surface area contributed by atoms with Crippen molar-refractivity contribution in [1.29, 1.82) is 0 Å². The molecule has 0 bridgehead atoms. The molecule has 2 rings (SSSR count). The summed E-state index contributed by atoms with van der Waals surface area (Å²) in [4.78, 5) is 18.2. The molecular formula is C13H18N2OS. The van der Waals surface area contributed by atoms with Gasteiger partial charge in [-0.05, 0) is 30.9 Å². The fourth-order valence-corrected chi connectivity index (χ4v) is 2.84. The smallest absolute Gasteiger partial charge is 0.232 e. The molecule has 17 heavy (non-hydrogen) atoms. The molecule has 4 heteroatoms. The average Bonchev–Trinajstić information content (AvgIpc) is 2.37. The number of carbonyl (C=O) groups is 1. The van der Waals surface area contributed by atoms with Crippen LogP contribution in [0.25, 0.3) is 0 Å². The quantitative estimate of drug-likeness (QED) is 0.773. The van der Waals surface area contributed by atoms with Crippen molar-refractivity contribution in [2.75, 3.05) is 18.8 Å². The molecule has 1 saturated heterocycles. The van der Waals surface area contributed by atoms with Gasteiger partial charge in [-0.2, -0.15) is 0 Å². The summed E-state index contributed by atoms with van der Waals surface area (Å²) < 4.78 is 0. The van der Waals surface area contributed by atoms with Gasteiger partial charge in [-0.3, -0.25) is 4.79 Å². The van der Waals surface area contributed by atoms with Gasteiger partial charge in [0.1, 0.15) is 0 Å². The number of rotatable bonds is 3. The first-order valence-corrected chi connectivity index (χ1v) is 7.06. The van der Waals surface area contributed by atoms with E-state index in [0.29, 0.717) is 11.7 Å². The van der Waals surface area contributed by atoms with Crippen LogP contribution in [0.2, 0.25) is 0 Å². The maximum Gasteiger partial charge on any atom is 0.232 e. The Bertz CT molecular complexity index is 369. The third kappa shape index (κ3) is 3.73. The molecule has 92 valence electrons. The summed E-state index contributed by atoms with van der Waals surface area (Å²) in [5.74, 6) is 1.39. The highest BCUT2D eigenvalue weighted by atomic mass is 32.2. The Labute approximate surface area is 107 Å². The van der Waals surface area contributed by atoms with E-state index in [1.54, 1.807) is 6.20 Å². The largest absolute Gasteiger partial charge is 0.342 e. The Balaban J connectivity index is 1.81. The van der Waals surface area contributed by atoms with E-state index in [-0.39, 0.29) is 5.91 Å². The van der Waals surface area contributed by atoms with E-state index in [9.17, 15) is 4.79 Å². The molecular weight excluding hydrogens is 232 g/mol. The summed E-state index contributed by atoms with van der Waals surface area (Å²) >= 11 is 1.52. The van der Waals surface area contributed by atoms with Gasteiger partial charge >= 0.3 is 0 Å². The summed E-state index contributed by atoms with van der Waals surface area (Å²) in [5, 5.41) is 0.922. The standard InChI is InChI=1S/C13H18N2OS/c1-11-5-4-8-15(9-11)13(16)10-17-12-6-2-3-7-14-12/h2-3,6-7,11H,4-5,8-10H2,1H3/t11-/m0/s1. The van der Waals surface area contributed by atoms with E-state index < -0.39 is 0 Å². The highest BCUT2D eigenvalue weighted by Crippen LogP contribution is 2.19. The highest BCUT2D eigenvalue weighted by Gasteiger charge is 2.20. The molecule has 1 atom stereocenters. The van der Waals surface area contributed by atoms with E-state index in [0.717, 1.165) is 24.5 Å². The van der Waals surface area contributed by atoms with Crippen molar-refractivity contribution in [3.63, 3.8) is 0 Å². The van der Waals surface area contributed by atoms with E-state index in [1.165, 1.54) is 18.2 Å². The number of hydrogen-bond donors (Lipinski definition) is 0. The zero-order valence-electron chi connectivity index (χ0n) is 10.1. The van der Waals surface area contributed by atoms with Crippen LogP contribution in [0.15, 0.2) is 29.4 Å². The molecule has 0 N–H and O–H groups in total. The number of piperidine rings is 1. The van der Waals surface area contributed by atoms with Crippen molar-refractivity contribution in [3.05, 3.63) is 24.4 Å². The first-order chi connectivity index (χ1) is 8.25. The van der Waals surface area contributed by atoms with Crippen LogP contribution in [0.3, 0.4) is 0 Å². The van der Waals surface area contributed by atoms with Gasteiger partial charge in [0.15, 0.2) is 0 Å². The molecule has 0 saturated carbocycles. The van der Waals surface area contributed by atoms with Crippen molar-refractivity contribution in [2.24, 2.45) is 5.92 Å². The van der Waals surface area contributed by atoms with E-state index in [4.69, 9.17) is 0 Å². The molecule has 1 amide bonds. The van der Waals surface area contributed by atoms with Crippen molar-refractivity contribution in [1.82, 2.24) is 9.88 Å². The fraction of sp³-hybridized carbons (Fsp3) is 0.538. The van der Waals surface area contributed by atoms with Crippen LogP contribution in [0.5, 0.6) is 0 Å². The molecule has 0 unspecified atom stereocenters. The van der Waals surface area contributed by atoms with E-state index in [2.05, 4.69) is 11.9 Å². The second-order valence-electron chi connectivity index (χ2n) is 4.54. The van der Waals surface area contributed by atoms with Crippen LogP contribution in [-0.4, -0.2) is 34.6 Å². The Morgan fingerprint density at radius 3 is 3.18 bits per heavy atom. The van der Waals surface area contributed by atoms with Crippen molar-refractivity contribution >= 4 is 17.7 Å². The zero-order chi connectivity index (χ0) is 12.1. The second kappa shape index (κ2) is 6.05. The number of aromatic nitrogens is 1. The predicted molar refractivity (Wildman–Crippen MR) is 69.9 cm³/mol. The van der Waals surface area contributed by atoms with Crippen molar-refractivity contribution < 1.29 is 4.79 Å². The van der Waals surface area contributed by atoms with Gasteiger partial charge in [0.05, 0.1) is 10.8 Å². The number of amides is 1. The molecule has 1 aromatic rings. The predicted octanol–water partition coefficient (Wildman–Crippen LogP) is 2.43. The Morgan fingerprint density at radius 1 is 1.59 bits per heavy atom. The van der Waals surface area contributed by atoms with Gasteiger partial charge in [0.25, 0.3) is 0 Å². The summed E-state index contributed by atoms with van der Waals surface area (Å²) in [6.45, 7) is 4.05. The molecule has 3 nitrogen and oxygen atoms in total. The molecule has 1 aliphatic heterocycles. The van der Waals surface area contributed by atoms with Crippen LogP contribution in [-0.2, 0) is 4.79 Å². The fourth-order valence-electron chi connectivity index (χ4n) is 2.08. The Kier molecular flexibility index (Phi) is 4.42. The van der Waals surface area contributed by atoms with Crippen LogP contribution < -0.4 is 0 Å². The van der Waals surface area contributed by atoms with E-state index >= 15 is 0 Å². The third-order valence-electron chi connectivity index (χ3n) is 2.99. The number of pyridine rings is 1. The number of thioether (sulfide) groups is 1. The van der Waals surface area contributed by atoms with E-state index in [1.807, 2.05) is 23.1 Å². The van der Waals surface area contributed by atoms with Crippen LogP contribution in [0.4, 0.5) is 0 Å². The van der Waals surface area contributed by atoms with Gasteiger partial charge in [-0.1, -0.05) is 24.8 Å². The van der Waals surface area contributed by atoms with Crippen molar-refractivity contribution in [2.45, 2.75) is 24.8 Å². The lowest BCUT2D eigenvalue weighted by molar-refractivity contribution is -0.130. The average molecular weight is 250 g/mol. The molecule has 0 aliphatic carbocycles. The zero-order valence-corrected chi connectivity index (χ0v) is 10.9. The summed E-state index contributed by atoms with van der Waals surface area (Å²) in [7, 11) is 0. The van der Waals surface area contributed by atoms with Gasteiger partial charge in [-0.15, -0.1) is 0 Å². The molecule has 0 aromatic carbocycles. The van der Waals surface area contributed by atoms with Crippen LogP contribution >= 0.6 is 11.8 Å². The first-order valence-electron chi connectivity index (χ1n) is 6.07. The maximum atomic E-state index is 12.0. The summed E-state index contributed by atoms with van der Waals surface area (Å²) in [6.07, 6.45) is 4.15. The first kappa shape index (κ1) is 12.4. The third-order valence-corrected chi connectivity index (χ3v) is 3.92. The number of likely N-dealkylation sites (tertiary alicyclic amines) is 1. The van der Waals surface area contributed by atoms with Crippen molar-refractivity contribution in [3.8, 4) is 0 Å². The molecule has 0 spiro atoms. The lowest BCUT2D eigenvalue weighted by Gasteiger charge is -2.30. The van der Waals surface area contributed by atoms with Gasteiger partial charge in [-0.25, -0.2) is 4.98 Å². The van der Waals surface area contributed by atoms with Gasteiger partial charge in [0.2, 0.25) is 5.91 Å². The minimum atomic E-state index is 0.243. The maximum absolute atomic E-state index is 12.0. The minimum Gasteiger partial charge on any atom is -0.342 e. The topological polar surface area (TPSA) is 33.2 Å². The summed E-state index contributed by atoms with van der Waals surface area (Å²) in [6, 6.07) is 5.78. The number of carbonyl (C=O) groups excluding carboxylic acids is 1. The SMILES string of the molecule is C[C@H]1CCCN(C(=O)CSc2ccccn2)C1. The molecule has 1 fully saturated rings. The highest BCUT2D eigenvalue weighted by molar-refractivity contribution is 7.99. The normalized spacial score (nSPS) is 20.3. The lowest BCUT2D eigenvalue weighted by atomic mass is 10.0. The molecule has 1 aromatic heterocycles. The number of hydrogen-bond acceptors (Lipinski definition) is 3. The van der Waals surface area contributed by atoms with Crippen LogP contribution in [0.1, 0.15) is 19.8 Å². The number of nitrogens with zero attached hydrogens (tertiary/aromatic N) is 2. The van der Waals surface area contributed by atoms with Gasteiger partial charge < -0.3 is 4.90 Å². The molecule has 0 radical (unpaired) electrons. The summed E-state index contributed by atoms with van der Waals surface area (Å²) in [5.41, 5.74) is 0. The molecule has 2 heterocycles. The monoisotopic (exact) mass is 250 g/mol. The molecule has 1 aliphatic rings. The Hall–Kier alpha value is -1.03. The second-order valence-corrected chi connectivity index (χ2v) is 5.54. The lowest BCUT2D eigenvalue weighted by Crippen LogP contribution is -2.40.